The SMILES string of the molecule is O=C1C=C[C@@H](O)[C@@]1(O)CO. The highest BCUT2D eigenvalue weighted by Gasteiger charge is 2.43. The Morgan fingerprint density at radius 1 is 1.70 bits per heavy atom. The molecule has 56 valence electrons. The number of aliphatic hydroxyl groups is 3. The van der Waals surface area contributed by atoms with Crippen LogP contribution in [0.1, 0.15) is 0 Å². The third-order valence-corrected chi connectivity index (χ3v) is 1.59. The van der Waals surface area contributed by atoms with Gasteiger partial charge in [0, 0.05) is 0 Å². The lowest BCUT2D eigenvalue weighted by Crippen LogP contribution is -2.47. The van der Waals surface area contributed by atoms with Crippen LogP contribution in [0.15, 0.2) is 12.2 Å². The maximum atomic E-state index is 10.7. The molecule has 0 radical (unpaired) electrons. The van der Waals surface area contributed by atoms with Crippen LogP contribution in [0.5, 0.6) is 0 Å². The second-order valence-corrected chi connectivity index (χ2v) is 2.25. The molecular weight excluding hydrogens is 136 g/mol. The number of rotatable bonds is 1. The average Bonchev–Trinajstić information content (AvgIpc) is 2.18. The van der Waals surface area contributed by atoms with Crippen molar-refractivity contribution < 1.29 is 20.1 Å². The van der Waals surface area contributed by atoms with Crippen molar-refractivity contribution in [2.45, 2.75) is 11.7 Å². The van der Waals surface area contributed by atoms with E-state index in [1.807, 2.05) is 0 Å². The van der Waals surface area contributed by atoms with E-state index in [9.17, 15) is 4.79 Å². The minimum Gasteiger partial charge on any atom is -0.393 e. The highest BCUT2D eigenvalue weighted by Crippen LogP contribution is 2.19. The van der Waals surface area contributed by atoms with Crippen LogP contribution in [0.2, 0.25) is 0 Å². The maximum Gasteiger partial charge on any atom is 0.192 e. The molecule has 1 rings (SSSR count). The molecule has 0 saturated heterocycles. The maximum absolute atomic E-state index is 10.7. The summed E-state index contributed by atoms with van der Waals surface area (Å²) in [7, 11) is 0. The fourth-order valence-electron chi connectivity index (χ4n) is 0.799. The first kappa shape index (κ1) is 7.40. The number of hydrogen-bond donors (Lipinski definition) is 3. The summed E-state index contributed by atoms with van der Waals surface area (Å²) in [6.45, 7) is -0.750. The van der Waals surface area contributed by atoms with E-state index in [0.29, 0.717) is 0 Å². The van der Waals surface area contributed by atoms with Gasteiger partial charge in [0.2, 0.25) is 0 Å². The van der Waals surface area contributed by atoms with Gasteiger partial charge in [-0.15, -0.1) is 0 Å². The van der Waals surface area contributed by atoms with Crippen LogP contribution in [0.4, 0.5) is 0 Å². The molecule has 0 aromatic heterocycles. The highest BCUT2D eigenvalue weighted by atomic mass is 16.4. The van der Waals surface area contributed by atoms with Crippen molar-refractivity contribution in [1.29, 1.82) is 0 Å². The number of ketones is 1. The first-order valence-electron chi connectivity index (χ1n) is 2.85. The molecule has 1 aliphatic carbocycles. The number of aliphatic hydroxyl groups excluding tert-OH is 2. The van der Waals surface area contributed by atoms with Crippen LogP contribution in [0.3, 0.4) is 0 Å². The summed E-state index contributed by atoms with van der Waals surface area (Å²) in [5.41, 5.74) is -1.99. The lowest BCUT2D eigenvalue weighted by molar-refractivity contribution is -0.144. The standard InChI is InChI=1S/C6H8O4/c7-3-6(10)4(8)1-2-5(6)9/h1-2,4,7-8,10H,3H2/t4-,6+/m1/s1. The Bertz CT molecular complexity index is 186. The molecule has 4 nitrogen and oxygen atoms in total. The third kappa shape index (κ3) is 0.775. The normalized spacial score (nSPS) is 39.1. The van der Waals surface area contributed by atoms with Crippen molar-refractivity contribution in [2.75, 3.05) is 6.61 Å². The molecule has 4 heteroatoms. The van der Waals surface area contributed by atoms with E-state index in [2.05, 4.69) is 0 Å². The van der Waals surface area contributed by atoms with Crippen LogP contribution >= 0.6 is 0 Å². The minimum atomic E-state index is -1.99. The van der Waals surface area contributed by atoms with E-state index in [4.69, 9.17) is 15.3 Å². The third-order valence-electron chi connectivity index (χ3n) is 1.59. The predicted molar refractivity (Wildman–Crippen MR) is 32.2 cm³/mol. The smallest absolute Gasteiger partial charge is 0.192 e. The second kappa shape index (κ2) is 2.16. The number of carbonyl (C=O) groups excluding carboxylic acids is 1. The van der Waals surface area contributed by atoms with Gasteiger partial charge in [0.15, 0.2) is 11.4 Å². The number of carbonyl (C=O) groups is 1. The van der Waals surface area contributed by atoms with Gasteiger partial charge in [0.05, 0.1) is 6.61 Å². The van der Waals surface area contributed by atoms with Gasteiger partial charge >= 0.3 is 0 Å². The molecule has 0 aromatic carbocycles. The topological polar surface area (TPSA) is 77.8 Å². The molecule has 0 bridgehead atoms. The van der Waals surface area contributed by atoms with E-state index in [1.54, 1.807) is 0 Å². The zero-order chi connectivity index (χ0) is 7.78. The Labute approximate surface area is 57.4 Å². The van der Waals surface area contributed by atoms with Crippen LogP contribution in [-0.4, -0.2) is 39.4 Å². The van der Waals surface area contributed by atoms with Crippen molar-refractivity contribution in [3.63, 3.8) is 0 Å². The molecule has 0 spiro atoms. The van der Waals surface area contributed by atoms with Gasteiger partial charge < -0.3 is 15.3 Å². The Hall–Kier alpha value is -0.710. The van der Waals surface area contributed by atoms with Crippen molar-refractivity contribution in [3.8, 4) is 0 Å². The average molecular weight is 144 g/mol. The van der Waals surface area contributed by atoms with Gasteiger partial charge in [-0.3, -0.25) is 4.79 Å². The van der Waals surface area contributed by atoms with Crippen molar-refractivity contribution in [3.05, 3.63) is 12.2 Å². The first-order chi connectivity index (χ1) is 4.61. The van der Waals surface area contributed by atoms with E-state index in [1.165, 1.54) is 0 Å². The zero-order valence-electron chi connectivity index (χ0n) is 5.19. The molecule has 0 amide bonds. The molecular formula is C6H8O4. The van der Waals surface area contributed by atoms with Crippen molar-refractivity contribution in [1.82, 2.24) is 0 Å². The van der Waals surface area contributed by atoms with E-state index in [0.717, 1.165) is 12.2 Å². The molecule has 0 aromatic rings. The minimum absolute atomic E-state index is 0.650. The lowest BCUT2D eigenvalue weighted by atomic mass is 9.99. The monoisotopic (exact) mass is 144 g/mol. The van der Waals surface area contributed by atoms with Crippen molar-refractivity contribution in [2.24, 2.45) is 0 Å². The molecule has 0 heterocycles. The Balaban J connectivity index is 2.87. The van der Waals surface area contributed by atoms with Crippen LogP contribution in [-0.2, 0) is 4.79 Å². The van der Waals surface area contributed by atoms with Crippen LogP contribution in [0, 0.1) is 0 Å². The van der Waals surface area contributed by atoms with Crippen LogP contribution < -0.4 is 0 Å². The van der Waals surface area contributed by atoms with Crippen molar-refractivity contribution >= 4 is 5.78 Å². The summed E-state index contributed by atoms with van der Waals surface area (Å²) in [4.78, 5) is 10.7. The Kier molecular flexibility index (Phi) is 1.60. The number of hydrogen-bond acceptors (Lipinski definition) is 4. The van der Waals surface area contributed by atoms with E-state index >= 15 is 0 Å². The molecule has 0 aliphatic heterocycles. The summed E-state index contributed by atoms with van der Waals surface area (Å²) in [6.07, 6.45) is 0.935. The quantitative estimate of drug-likeness (QED) is 0.406. The van der Waals surface area contributed by atoms with E-state index in [-0.39, 0.29) is 0 Å². The van der Waals surface area contributed by atoms with Gasteiger partial charge in [-0.05, 0) is 12.2 Å². The van der Waals surface area contributed by atoms with Gasteiger partial charge in [-0.2, -0.15) is 0 Å². The molecule has 10 heavy (non-hydrogen) atoms. The van der Waals surface area contributed by atoms with Gasteiger partial charge in [0.1, 0.15) is 6.10 Å². The molecule has 0 fully saturated rings. The summed E-state index contributed by atoms with van der Waals surface area (Å²) in [6, 6.07) is 0. The van der Waals surface area contributed by atoms with Crippen LogP contribution in [0.25, 0.3) is 0 Å². The molecule has 1 aliphatic rings. The summed E-state index contributed by atoms with van der Waals surface area (Å²) >= 11 is 0. The Morgan fingerprint density at radius 2 is 2.30 bits per heavy atom. The molecule has 0 unspecified atom stereocenters. The molecule has 3 N–H and O–H groups in total. The largest absolute Gasteiger partial charge is 0.393 e. The van der Waals surface area contributed by atoms with E-state index < -0.39 is 24.1 Å². The van der Waals surface area contributed by atoms with Gasteiger partial charge in [-0.1, -0.05) is 0 Å². The fraction of sp³-hybridized carbons (Fsp3) is 0.500. The van der Waals surface area contributed by atoms with Gasteiger partial charge in [0.25, 0.3) is 0 Å². The summed E-state index contributed by atoms with van der Waals surface area (Å²) < 4.78 is 0. The summed E-state index contributed by atoms with van der Waals surface area (Å²) in [5.74, 6) is -0.650. The predicted octanol–water partition coefficient (Wildman–Crippen LogP) is -1.79. The first-order valence-corrected chi connectivity index (χ1v) is 2.85. The molecule has 0 saturated carbocycles. The Morgan fingerprint density at radius 3 is 2.50 bits per heavy atom. The lowest BCUT2D eigenvalue weighted by Gasteiger charge is -2.21. The molecule has 2 atom stereocenters. The summed E-state index contributed by atoms with van der Waals surface area (Å²) in [5, 5.41) is 26.5. The zero-order valence-corrected chi connectivity index (χ0v) is 5.19. The van der Waals surface area contributed by atoms with Gasteiger partial charge in [-0.25, -0.2) is 0 Å². The fourth-order valence-corrected chi connectivity index (χ4v) is 0.799. The second-order valence-electron chi connectivity index (χ2n) is 2.25. The highest BCUT2D eigenvalue weighted by molar-refractivity contribution is 6.00.